The molecule has 4 heteroatoms. The van der Waals surface area contributed by atoms with Crippen molar-refractivity contribution in [2.24, 2.45) is 5.92 Å². The van der Waals surface area contributed by atoms with Crippen molar-refractivity contribution in [2.75, 3.05) is 25.1 Å². The van der Waals surface area contributed by atoms with Crippen LogP contribution in [0.15, 0.2) is 22.7 Å². The Morgan fingerprint density at radius 3 is 2.88 bits per heavy atom. The standard InChI is InChI=1S/C12H15BrClNO/c13-12-10(14)2-1-3-11(12)15-8-9-4-6-16-7-5-9/h1-3,9,15H,4-8H2. The molecule has 1 aliphatic rings. The molecule has 1 saturated heterocycles. The first-order chi connectivity index (χ1) is 7.77. The summed E-state index contributed by atoms with van der Waals surface area (Å²) in [6, 6.07) is 5.87. The van der Waals surface area contributed by atoms with E-state index in [4.69, 9.17) is 16.3 Å². The first kappa shape index (κ1) is 12.2. The van der Waals surface area contributed by atoms with Crippen molar-refractivity contribution < 1.29 is 4.74 Å². The van der Waals surface area contributed by atoms with Crippen LogP contribution in [0.2, 0.25) is 5.02 Å². The Kier molecular flexibility index (Phi) is 4.50. The van der Waals surface area contributed by atoms with Gasteiger partial charge in [0.25, 0.3) is 0 Å². The summed E-state index contributed by atoms with van der Waals surface area (Å²) in [7, 11) is 0. The van der Waals surface area contributed by atoms with E-state index in [0.29, 0.717) is 5.92 Å². The maximum Gasteiger partial charge on any atom is 0.0593 e. The first-order valence-electron chi connectivity index (χ1n) is 5.53. The van der Waals surface area contributed by atoms with Gasteiger partial charge in [-0.15, -0.1) is 0 Å². The van der Waals surface area contributed by atoms with Crippen molar-refractivity contribution in [2.45, 2.75) is 12.8 Å². The average Bonchev–Trinajstić information content (AvgIpc) is 2.32. The van der Waals surface area contributed by atoms with Crippen LogP contribution in [0, 0.1) is 5.92 Å². The fourth-order valence-electron chi connectivity index (χ4n) is 1.85. The molecule has 0 amide bonds. The molecule has 0 aliphatic carbocycles. The van der Waals surface area contributed by atoms with Crippen LogP contribution in [-0.2, 0) is 4.74 Å². The van der Waals surface area contributed by atoms with Gasteiger partial charge in [-0.3, -0.25) is 0 Å². The Balaban J connectivity index is 1.91. The molecule has 1 aliphatic heterocycles. The molecule has 16 heavy (non-hydrogen) atoms. The third-order valence-electron chi connectivity index (χ3n) is 2.87. The summed E-state index contributed by atoms with van der Waals surface area (Å²) < 4.78 is 6.28. The molecule has 1 heterocycles. The highest BCUT2D eigenvalue weighted by atomic mass is 79.9. The lowest BCUT2D eigenvalue weighted by Crippen LogP contribution is -2.22. The Labute approximate surface area is 109 Å². The predicted octanol–water partition coefficient (Wildman–Crippen LogP) is 3.94. The van der Waals surface area contributed by atoms with E-state index in [-0.39, 0.29) is 0 Å². The van der Waals surface area contributed by atoms with E-state index in [2.05, 4.69) is 21.2 Å². The second-order valence-corrected chi connectivity index (χ2v) is 5.24. The monoisotopic (exact) mass is 303 g/mol. The Bertz CT molecular complexity index is 353. The maximum absolute atomic E-state index is 6.03. The number of hydrogen-bond donors (Lipinski definition) is 1. The average molecular weight is 305 g/mol. The molecule has 1 aromatic rings. The highest BCUT2D eigenvalue weighted by Gasteiger charge is 2.14. The van der Waals surface area contributed by atoms with Crippen molar-refractivity contribution in [3.63, 3.8) is 0 Å². The minimum Gasteiger partial charge on any atom is -0.384 e. The summed E-state index contributed by atoms with van der Waals surface area (Å²) in [5, 5.41) is 4.18. The summed E-state index contributed by atoms with van der Waals surface area (Å²) in [5.41, 5.74) is 1.07. The molecule has 0 saturated carbocycles. The predicted molar refractivity (Wildman–Crippen MR) is 71.2 cm³/mol. The van der Waals surface area contributed by atoms with Gasteiger partial charge in [0.1, 0.15) is 0 Å². The lowest BCUT2D eigenvalue weighted by molar-refractivity contribution is 0.0699. The van der Waals surface area contributed by atoms with Gasteiger partial charge in [-0.2, -0.15) is 0 Å². The van der Waals surface area contributed by atoms with Crippen molar-refractivity contribution in [3.8, 4) is 0 Å². The van der Waals surface area contributed by atoms with E-state index in [1.165, 1.54) is 0 Å². The fourth-order valence-corrected chi connectivity index (χ4v) is 2.42. The van der Waals surface area contributed by atoms with Crippen molar-refractivity contribution in [1.82, 2.24) is 0 Å². The zero-order valence-electron chi connectivity index (χ0n) is 9.01. The SMILES string of the molecule is Clc1cccc(NCC2CCOCC2)c1Br. The minimum atomic E-state index is 0.708. The Morgan fingerprint density at radius 1 is 1.38 bits per heavy atom. The number of benzene rings is 1. The summed E-state index contributed by atoms with van der Waals surface area (Å²) in [5.74, 6) is 0.708. The van der Waals surface area contributed by atoms with Crippen LogP contribution < -0.4 is 5.32 Å². The Morgan fingerprint density at radius 2 is 2.12 bits per heavy atom. The molecule has 0 atom stereocenters. The van der Waals surface area contributed by atoms with Gasteiger partial charge in [0.05, 0.1) is 9.50 Å². The lowest BCUT2D eigenvalue weighted by atomic mass is 10.0. The molecule has 1 aromatic carbocycles. The number of halogens is 2. The second kappa shape index (κ2) is 5.89. The van der Waals surface area contributed by atoms with Gasteiger partial charge in [-0.05, 0) is 46.8 Å². The molecule has 0 spiro atoms. The number of hydrogen-bond acceptors (Lipinski definition) is 2. The fraction of sp³-hybridized carbons (Fsp3) is 0.500. The molecule has 0 unspecified atom stereocenters. The zero-order chi connectivity index (χ0) is 11.4. The molecular weight excluding hydrogens is 289 g/mol. The van der Waals surface area contributed by atoms with Gasteiger partial charge in [-0.1, -0.05) is 17.7 Å². The highest BCUT2D eigenvalue weighted by Crippen LogP contribution is 2.30. The second-order valence-electron chi connectivity index (χ2n) is 4.04. The molecule has 2 nitrogen and oxygen atoms in total. The van der Waals surface area contributed by atoms with Gasteiger partial charge in [-0.25, -0.2) is 0 Å². The number of anilines is 1. The van der Waals surface area contributed by atoms with Crippen LogP contribution in [0.3, 0.4) is 0 Å². The molecule has 1 N–H and O–H groups in total. The van der Waals surface area contributed by atoms with E-state index >= 15 is 0 Å². The largest absolute Gasteiger partial charge is 0.384 e. The van der Waals surface area contributed by atoms with Crippen molar-refractivity contribution in [1.29, 1.82) is 0 Å². The van der Waals surface area contributed by atoms with E-state index in [1.54, 1.807) is 0 Å². The minimum absolute atomic E-state index is 0.708. The lowest BCUT2D eigenvalue weighted by Gasteiger charge is -2.23. The molecule has 0 bridgehead atoms. The van der Waals surface area contributed by atoms with Gasteiger partial charge >= 0.3 is 0 Å². The topological polar surface area (TPSA) is 21.3 Å². The van der Waals surface area contributed by atoms with Crippen molar-refractivity contribution >= 4 is 33.2 Å². The molecule has 1 fully saturated rings. The van der Waals surface area contributed by atoms with E-state index in [0.717, 1.165) is 47.8 Å². The summed E-state index contributed by atoms with van der Waals surface area (Å²) >= 11 is 9.51. The van der Waals surface area contributed by atoms with Crippen LogP contribution >= 0.6 is 27.5 Å². The number of ether oxygens (including phenoxy) is 1. The molecular formula is C12H15BrClNO. The zero-order valence-corrected chi connectivity index (χ0v) is 11.4. The summed E-state index contributed by atoms with van der Waals surface area (Å²) in [6.45, 7) is 2.77. The summed E-state index contributed by atoms with van der Waals surface area (Å²) in [4.78, 5) is 0. The van der Waals surface area contributed by atoms with Crippen molar-refractivity contribution in [3.05, 3.63) is 27.7 Å². The van der Waals surface area contributed by atoms with Gasteiger partial charge < -0.3 is 10.1 Å². The van der Waals surface area contributed by atoms with Crippen LogP contribution in [-0.4, -0.2) is 19.8 Å². The normalized spacial score (nSPS) is 17.4. The van der Waals surface area contributed by atoms with Crippen LogP contribution in [0.5, 0.6) is 0 Å². The maximum atomic E-state index is 6.03. The van der Waals surface area contributed by atoms with E-state index < -0.39 is 0 Å². The number of rotatable bonds is 3. The number of nitrogens with one attached hydrogen (secondary N) is 1. The van der Waals surface area contributed by atoms with Crippen LogP contribution in [0.1, 0.15) is 12.8 Å². The third kappa shape index (κ3) is 3.12. The van der Waals surface area contributed by atoms with Gasteiger partial charge in [0.15, 0.2) is 0 Å². The first-order valence-corrected chi connectivity index (χ1v) is 6.70. The van der Waals surface area contributed by atoms with Crippen LogP contribution in [0.4, 0.5) is 5.69 Å². The molecule has 0 aromatic heterocycles. The van der Waals surface area contributed by atoms with Gasteiger partial charge in [0.2, 0.25) is 0 Å². The van der Waals surface area contributed by atoms with Gasteiger partial charge in [0, 0.05) is 25.4 Å². The smallest absolute Gasteiger partial charge is 0.0593 e. The Hall–Kier alpha value is -0.250. The van der Waals surface area contributed by atoms with Crippen LogP contribution in [0.25, 0.3) is 0 Å². The molecule has 88 valence electrons. The quantitative estimate of drug-likeness (QED) is 0.913. The molecule has 0 radical (unpaired) electrons. The molecule has 2 rings (SSSR count). The van der Waals surface area contributed by atoms with E-state index in [9.17, 15) is 0 Å². The third-order valence-corrected chi connectivity index (χ3v) is 4.27. The summed E-state index contributed by atoms with van der Waals surface area (Å²) in [6.07, 6.45) is 2.29. The highest BCUT2D eigenvalue weighted by molar-refractivity contribution is 9.10. The van der Waals surface area contributed by atoms with E-state index in [1.807, 2.05) is 18.2 Å².